The van der Waals surface area contributed by atoms with Crippen LogP contribution in [0.1, 0.15) is 41.4 Å². The molecule has 4 rings (SSSR count). The maximum atomic E-state index is 12.2. The molecule has 0 atom stereocenters. The summed E-state index contributed by atoms with van der Waals surface area (Å²) in [5, 5.41) is 8.66. The predicted molar refractivity (Wildman–Crippen MR) is 114 cm³/mol. The number of carbonyl (C=O) groups is 1. The third-order valence-corrected chi connectivity index (χ3v) is 6.36. The van der Waals surface area contributed by atoms with E-state index in [4.69, 9.17) is 4.74 Å². The Balaban J connectivity index is 1.49. The van der Waals surface area contributed by atoms with E-state index in [-0.39, 0.29) is 5.97 Å². The molecule has 1 N–H and O–H groups in total. The quantitative estimate of drug-likeness (QED) is 0.591. The van der Waals surface area contributed by atoms with Gasteiger partial charge in [-0.2, -0.15) is 5.10 Å². The largest absolute Gasteiger partial charge is 0.462 e. The number of carbonyl (C=O) groups excluding carboxylic acids is 1. The van der Waals surface area contributed by atoms with E-state index in [9.17, 15) is 4.79 Å². The van der Waals surface area contributed by atoms with Crippen LogP contribution < -0.4 is 5.32 Å². The topological polar surface area (TPSA) is 85.2 Å². The highest BCUT2D eigenvalue weighted by Crippen LogP contribution is 2.34. The summed E-state index contributed by atoms with van der Waals surface area (Å²) in [6.45, 7) is 8.31. The average Bonchev–Trinajstić information content (AvgIpc) is 3.32. The van der Waals surface area contributed by atoms with Gasteiger partial charge >= 0.3 is 5.97 Å². The van der Waals surface area contributed by atoms with Gasteiger partial charge in [0.25, 0.3) is 0 Å². The molecule has 3 aromatic heterocycles. The van der Waals surface area contributed by atoms with Gasteiger partial charge in [-0.1, -0.05) is 6.42 Å². The summed E-state index contributed by atoms with van der Waals surface area (Å²) in [5.74, 6) is 0.361. The molecule has 1 saturated heterocycles. The Bertz CT molecular complexity index is 992. The predicted octanol–water partition coefficient (Wildman–Crippen LogP) is 3.60. The Morgan fingerprint density at radius 2 is 2.07 bits per heavy atom. The highest BCUT2D eigenvalue weighted by Gasteiger charge is 2.20. The van der Waals surface area contributed by atoms with Crippen LogP contribution in [-0.4, -0.2) is 56.9 Å². The van der Waals surface area contributed by atoms with E-state index in [0.717, 1.165) is 34.6 Å². The number of aromatic nitrogens is 4. The van der Waals surface area contributed by atoms with Crippen LogP contribution >= 0.6 is 11.3 Å². The van der Waals surface area contributed by atoms with E-state index in [1.165, 1.54) is 50.0 Å². The van der Waals surface area contributed by atoms with Crippen molar-refractivity contribution < 1.29 is 9.53 Å². The van der Waals surface area contributed by atoms with Gasteiger partial charge in [-0.25, -0.2) is 14.8 Å². The van der Waals surface area contributed by atoms with E-state index in [1.807, 2.05) is 17.8 Å². The van der Waals surface area contributed by atoms with Crippen molar-refractivity contribution in [2.45, 2.75) is 39.7 Å². The molecular weight excluding hydrogens is 388 g/mol. The number of hydrogen-bond acceptors (Lipinski definition) is 8. The maximum absolute atomic E-state index is 12.2. The molecule has 0 radical (unpaired) electrons. The number of ether oxygens (including phenoxy) is 1. The molecule has 0 saturated carbocycles. The van der Waals surface area contributed by atoms with Crippen molar-refractivity contribution >= 4 is 39.0 Å². The monoisotopic (exact) mass is 414 g/mol. The summed E-state index contributed by atoms with van der Waals surface area (Å²) in [4.78, 5) is 24.8. The smallest absolute Gasteiger partial charge is 0.348 e. The second kappa shape index (κ2) is 8.87. The van der Waals surface area contributed by atoms with E-state index >= 15 is 0 Å². The first-order valence-electron chi connectivity index (χ1n) is 10.1. The van der Waals surface area contributed by atoms with Crippen LogP contribution in [0.25, 0.3) is 10.2 Å². The number of anilines is 2. The van der Waals surface area contributed by atoms with Crippen molar-refractivity contribution in [1.29, 1.82) is 0 Å². The number of fused-ring (bicyclic) bond motifs is 1. The molecule has 0 bridgehead atoms. The second-order valence-electron chi connectivity index (χ2n) is 7.20. The van der Waals surface area contributed by atoms with Crippen molar-refractivity contribution in [3.63, 3.8) is 0 Å². The summed E-state index contributed by atoms with van der Waals surface area (Å²) in [6.07, 6.45) is 9.24. The van der Waals surface area contributed by atoms with Crippen LogP contribution in [0.4, 0.5) is 11.5 Å². The van der Waals surface area contributed by atoms with Crippen LogP contribution in [0.2, 0.25) is 0 Å². The fraction of sp³-hybridized carbons (Fsp3) is 0.500. The molecule has 29 heavy (non-hydrogen) atoms. The molecule has 9 heteroatoms. The Kier molecular flexibility index (Phi) is 6.05. The Labute approximate surface area is 173 Å². The molecule has 8 nitrogen and oxygen atoms in total. The molecular formula is C20H26N6O2S. The number of thiophene rings is 1. The third-order valence-electron chi connectivity index (χ3n) is 5.18. The summed E-state index contributed by atoms with van der Waals surface area (Å²) < 4.78 is 7.12. The van der Waals surface area contributed by atoms with Gasteiger partial charge in [0.1, 0.15) is 21.9 Å². The first kappa shape index (κ1) is 19.8. The van der Waals surface area contributed by atoms with Gasteiger partial charge in [0.15, 0.2) is 0 Å². The highest BCUT2D eigenvalue weighted by atomic mass is 32.1. The number of hydrogen-bond donors (Lipinski definition) is 1. The standard InChI is InChI=1S/C20H26N6O2S/c1-3-28-20(27)17-14(2)16-18(21-13-22-19(16)29-17)24-15-11-23-26(12-15)10-9-25-7-5-4-6-8-25/h11-13H,3-10H2,1-2H3,(H,21,22,24). The van der Waals surface area contributed by atoms with Crippen molar-refractivity contribution in [2.24, 2.45) is 0 Å². The van der Waals surface area contributed by atoms with Crippen molar-refractivity contribution in [2.75, 3.05) is 31.6 Å². The fourth-order valence-electron chi connectivity index (χ4n) is 3.67. The summed E-state index contributed by atoms with van der Waals surface area (Å²) in [7, 11) is 0. The van der Waals surface area contributed by atoms with Gasteiger partial charge < -0.3 is 15.0 Å². The molecule has 1 fully saturated rings. The Hall–Kier alpha value is -2.52. The number of likely N-dealkylation sites (tertiary alicyclic amines) is 1. The normalized spacial score (nSPS) is 15.0. The van der Waals surface area contributed by atoms with E-state index in [1.54, 1.807) is 13.1 Å². The molecule has 0 aliphatic carbocycles. The molecule has 0 aromatic carbocycles. The summed E-state index contributed by atoms with van der Waals surface area (Å²) in [5.41, 5.74) is 1.70. The third kappa shape index (κ3) is 4.40. The zero-order valence-electron chi connectivity index (χ0n) is 16.8. The minimum absolute atomic E-state index is 0.315. The van der Waals surface area contributed by atoms with Gasteiger partial charge in [0.2, 0.25) is 0 Å². The lowest BCUT2D eigenvalue weighted by Crippen LogP contribution is -2.32. The average molecular weight is 415 g/mol. The van der Waals surface area contributed by atoms with Crippen LogP contribution in [0.5, 0.6) is 0 Å². The van der Waals surface area contributed by atoms with Crippen molar-refractivity contribution in [1.82, 2.24) is 24.6 Å². The summed E-state index contributed by atoms with van der Waals surface area (Å²) >= 11 is 1.33. The lowest BCUT2D eigenvalue weighted by molar-refractivity contribution is 0.0531. The number of esters is 1. The number of piperidine rings is 1. The maximum Gasteiger partial charge on any atom is 0.348 e. The van der Waals surface area contributed by atoms with E-state index < -0.39 is 0 Å². The lowest BCUT2D eigenvalue weighted by Gasteiger charge is -2.26. The van der Waals surface area contributed by atoms with E-state index in [2.05, 4.69) is 25.3 Å². The Morgan fingerprint density at radius 1 is 1.24 bits per heavy atom. The highest BCUT2D eigenvalue weighted by molar-refractivity contribution is 7.20. The van der Waals surface area contributed by atoms with Gasteiger partial charge in [-0.15, -0.1) is 11.3 Å². The van der Waals surface area contributed by atoms with Gasteiger partial charge in [-0.05, 0) is 45.3 Å². The fourth-order valence-corrected chi connectivity index (χ4v) is 4.71. The minimum atomic E-state index is -0.315. The molecule has 0 spiro atoms. The van der Waals surface area contributed by atoms with Crippen molar-refractivity contribution in [3.8, 4) is 0 Å². The first-order chi connectivity index (χ1) is 14.2. The van der Waals surface area contributed by atoms with Crippen LogP contribution in [0.15, 0.2) is 18.7 Å². The first-order valence-corrected chi connectivity index (χ1v) is 10.9. The number of nitrogens with zero attached hydrogens (tertiary/aromatic N) is 5. The summed E-state index contributed by atoms with van der Waals surface area (Å²) in [6, 6.07) is 0. The second-order valence-corrected chi connectivity index (χ2v) is 8.20. The molecule has 1 aliphatic heterocycles. The zero-order valence-corrected chi connectivity index (χ0v) is 17.7. The molecule has 1 aliphatic rings. The van der Waals surface area contributed by atoms with Crippen LogP contribution in [0, 0.1) is 6.92 Å². The SMILES string of the molecule is CCOC(=O)c1sc2ncnc(Nc3cnn(CCN4CCCCC4)c3)c2c1C. The van der Waals surface area contributed by atoms with Gasteiger partial charge in [0.05, 0.1) is 30.4 Å². The molecule has 3 aromatic rings. The molecule has 0 amide bonds. The van der Waals surface area contributed by atoms with E-state index in [0.29, 0.717) is 17.3 Å². The Morgan fingerprint density at radius 3 is 2.86 bits per heavy atom. The minimum Gasteiger partial charge on any atom is -0.462 e. The number of rotatable bonds is 7. The molecule has 4 heterocycles. The van der Waals surface area contributed by atoms with Gasteiger partial charge in [0, 0.05) is 12.7 Å². The lowest BCUT2D eigenvalue weighted by atomic mass is 10.1. The van der Waals surface area contributed by atoms with Crippen molar-refractivity contribution in [3.05, 3.63) is 29.2 Å². The molecule has 154 valence electrons. The number of aryl methyl sites for hydroxylation is 1. The zero-order chi connectivity index (χ0) is 20.2. The van der Waals surface area contributed by atoms with Gasteiger partial charge in [-0.3, -0.25) is 4.68 Å². The number of nitrogens with one attached hydrogen (secondary N) is 1. The van der Waals surface area contributed by atoms with Crippen LogP contribution in [-0.2, 0) is 11.3 Å². The molecule has 0 unspecified atom stereocenters. The van der Waals surface area contributed by atoms with Crippen LogP contribution in [0.3, 0.4) is 0 Å².